The molecule has 2 unspecified atom stereocenters. The maximum atomic E-state index is 12.0. The standard InChI is InChI=1S/C15H26N2O3S/c1-17(14-7-5-3-2-4-6-8-14)11-15(18)16-13-9-10-21(19,20)12-13/h5,7,13-14H,2-4,6,8-12H2,1H3,(H,16,18). The Morgan fingerprint density at radius 2 is 2.10 bits per heavy atom. The maximum Gasteiger partial charge on any atom is 0.234 e. The Morgan fingerprint density at radius 3 is 2.81 bits per heavy atom. The van der Waals surface area contributed by atoms with Crippen molar-refractivity contribution in [1.29, 1.82) is 0 Å². The van der Waals surface area contributed by atoms with Gasteiger partial charge < -0.3 is 5.32 Å². The van der Waals surface area contributed by atoms with E-state index >= 15 is 0 Å². The highest BCUT2D eigenvalue weighted by molar-refractivity contribution is 7.91. The third-order valence-electron chi connectivity index (χ3n) is 4.29. The smallest absolute Gasteiger partial charge is 0.234 e. The van der Waals surface area contributed by atoms with Gasteiger partial charge in [-0.25, -0.2) is 8.42 Å². The molecular weight excluding hydrogens is 288 g/mol. The molecule has 0 saturated carbocycles. The molecule has 1 saturated heterocycles. The first-order valence-electron chi connectivity index (χ1n) is 7.83. The number of hydrogen-bond acceptors (Lipinski definition) is 4. The molecular formula is C15H26N2O3S. The number of amides is 1. The van der Waals surface area contributed by atoms with Gasteiger partial charge in [-0.3, -0.25) is 9.69 Å². The zero-order valence-electron chi connectivity index (χ0n) is 12.8. The van der Waals surface area contributed by atoms with E-state index in [2.05, 4.69) is 22.4 Å². The zero-order chi connectivity index (χ0) is 15.3. The summed E-state index contributed by atoms with van der Waals surface area (Å²) in [6.45, 7) is 0.325. The summed E-state index contributed by atoms with van der Waals surface area (Å²) in [6.07, 6.45) is 10.9. The van der Waals surface area contributed by atoms with Crippen molar-refractivity contribution in [2.24, 2.45) is 0 Å². The molecule has 5 nitrogen and oxygen atoms in total. The molecule has 0 radical (unpaired) electrons. The lowest BCUT2D eigenvalue weighted by Crippen LogP contribution is -2.44. The second-order valence-corrected chi connectivity index (χ2v) is 8.44. The van der Waals surface area contributed by atoms with Crippen LogP contribution in [0.4, 0.5) is 0 Å². The molecule has 0 aromatic heterocycles. The molecule has 1 aliphatic heterocycles. The number of carbonyl (C=O) groups excluding carboxylic acids is 1. The monoisotopic (exact) mass is 314 g/mol. The van der Waals surface area contributed by atoms with Crippen LogP contribution in [0, 0.1) is 0 Å². The Labute approximate surface area is 127 Å². The fourth-order valence-corrected chi connectivity index (χ4v) is 4.71. The molecule has 120 valence electrons. The molecule has 0 spiro atoms. The van der Waals surface area contributed by atoms with E-state index < -0.39 is 9.84 Å². The van der Waals surface area contributed by atoms with Crippen LogP contribution in [0.1, 0.15) is 38.5 Å². The van der Waals surface area contributed by atoms with Gasteiger partial charge >= 0.3 is 0 Å². The third kappa shape index (κ3) is 5.43. The van der Waals surface area contributed by atoms with Crippen molar-refractivity contribution >= 4 is 15.7 Å². The van der Waals surface area contributed by atoms with Crippen LogP contribution in [0.25, 0.3) is 0 Å². The molecule has 0 bridgehead atoms. The summed E-state index contributed by atoms with van der Waals surface area (Å²) in [5.41, 5.74) is 0. The van der Waals surface area contributed by atoms with E-state index in [4.69, 9.17) is 0 Å². The Hall–Kier alpha value is -0.880. The van der Waals surface area contributed by atoms with Gasteiger partial charge in [0.15, 0.2) is 9.84 Å². The van der Waals surface area contributed by atoms with Crippen molar-refractivity contribution in [3.8, 4) is 0 Å². The molecule has 1 heterocycles. The summed E-state index contributed by atoms with van der Waals surface area (Å²) in [5.74, 6) is 0.209. The van der Waals surface area contributed by atoms with Crippen molar-refractivity contribution in [2.45, 2.75) is 50.6 Å². The number of likely N-dealkylation sites (N-methyl/N-ethyl adjacent to an activating group) is 1. The number of hydrogen-bond donors (Lipinski definition) is 1. The number of nitrogens with zero attached hydrogens (tertiary/aromatic N) is 1. The highest BCUT2D eigenvalue weighted by Crippen LogP contribution is 2.15. The predicted molar refractivity (Wildman–Crippen MR) is 83.8 cm³/mol. The number of rotatable bonds is 4. The third-order valence-corrected chi connectivity index (χ3v) is 6.05. The van der Waals surface area contributed by atoms with Crippen LogP contribution >= 0.6 is 0 Å². The summed E-state index contributed by atoms with van der Waals surface area (Å²) in [4.78, 5) is 14.1. The van der Waals surface area contributed by atoms with E-state index in [0.29, 0.717) is 19.0 Å². The number of sulfone groups is 1. The van der Waals surface area contributed by atoms with Gasteiger partial charge in [0.1, 0.15) is 0 Å². The van der Waals surface area contributed by atoms with Crippen LogP contribution in [-0.4, -0.2) is 56.4 Å². The lowest BCUT2D eigenvalue weighted by Gasteiger charge is -2.26. The Morgan fingerprint density at radius 1 is 1.29 bits per heavy atom. The second-order valence-electron chi connectivity index (χ2n) is 6.22. The Balaban J connectivity index is 1.80. The van der Waals surface area contributed by atoms with Crippen molar-refractivity contribution in [1.82, 2.24) is 10.2 Å². The fraction of sp³-hybridized carbons (Fsp3) is 0.800. The van der Waals surface area contributed by atoms with Gasteiger partial charge in [-0.05, 0) is 32.7 Å². The summed E-state index contributed by atoms with van der Waals surface area (Å²) in [6, 6.07) is 0.104. The number of allylic oxidation sites excluding steroid dienone is 1. The summed E-state index contributed by atoms with van der Waals surface area (Å²) >= 11 is 0. The minimum Gasteiger partial charge on any atom is -0.351 e. The van der Waals surface area contributed by atoms with Gasteiger partial charge in [0.2, 0.25) is 5.91 Å². The number of nitrogens with one attached hydrogen (secondary N) is 1. The second kappa shape index (κ2) is 7.40. The highest BCUT2D eigenvalue weighted by Gasteiger charge is 2.29. The lowest BCUT2D eigenvalue weighted by atomic mass is 10.0. The van der Waals surface area contributed by atoms with Crippen molar-refractivity contribution in [3.63, 3.8) is 0 Å². The molecule has 2 rings (SSSR count). The van der Waals surface area contributed by atoms with Crippen molar-refractivity contribution in [2.75, 3.05) is 25.1 Å². The van der Waals surface area contributed by atoms with Crippen LogP contribution in [0.15, 0.2) is 12.2 Å². The van der Waals surface area contributed by atoms with Gasteiger partial charge in [0.05, 0.1) is 18.1 Å². The Bertz CT molecular complexity index is 487. The first-order chi connectivity index (χ1) is 9.96. The zero-order valence-corrected chi connectivity index (χ0v) is 13.6. The molecule has 1 fully saturated rings. The van der Waals surface area contributed by atoms with E-state index in [1.54, 1.807) is 0 Å². The molecule has 21 heavy (non-hydrogen) atoms. The molecule has 1 aliphatic carbocycles. The van der Waals surface area contributed by atoms with E-state index in [1.165, 1.54) is 19.3 Å². The summed E-state index contributed by atoms with van der Waals surface area (Å²) in [5, 5.41) is 2.85. The number of carbonyl (C=O) groups is 1. The minimum atomic E-state index is -2.94. The molecule has 1 N–H and O–H groups in total. The molecule has 2 atom stereocenters. The Kier molecular flexibility index (Phi) is 5.81. The van der Waals surface area contributed by atoms with Crippen LogP contribution in [0.2, 0.25) is 0 Å². The van der Waals surface area contributed by atoms with E-state index in [0.717, 1.165) is 12.8 Å². The largest absolute Gasteiger partial charge is 0.351 e. The fourth-order valence-electron chi connectivity index (χ4n) is 3.04. The van der Waals surface area contributed by atoms with Crippen LogP contribution in [0.5, 0.6) is 0 Å². The SMILES string of the molecule is CN(CC(=O)NC1CCS(=O)(=O)C1)C1C=CCCCCC1. The molecule has 1 amide bonds. The van der Waals surface area contributed by atoms with Crippen molar-refractivity contribution in [3.05, 3.63) is 12.2 Å². The van der Waals surface area contributed by atoms with E-state index in [1.807, 2.05) is 7.05 Å². The van der Waals surface area contributed by atoms with Crippen molar-refractivity contribution < 1.29 is 13.2 Å². The normalized spacial score (nSPS) is 29.0. The summed E-state index contributed by atoms with van der Waals surface area (Å²) in [7, 11) is -0.978. The van der Waals surface area contributed by atoms with Crippen LogP contribution < -0.4 is 5.32 Å². The van der Waals surface area contributed by atoms with Crippen LogP contribution in [-0.2, 0) is 14.6 Å². The molecule has 0 aromatic rings. The van der Waals surface area contributed by atoms with Gasteiger partial charge in [0.25, 0.3) is 0 Å². The first-order valence-corrected chi connectivity index (χ1v) is 9.65. The maximum absolute atomic E-state index is 12.0. The highest BCUT2D eigenvalue weighted by atomic mass is 32.2. The van der Waals surface area contributed by atoms with E-state index in [-0.39, 0.29) is 23.5 Å². The topological polar surface area (TPSA) is 66.5 Å². The average molecular weight is 314 g/mol. The van der Waals surface area contributed by atoms with Gasteiger partial charge in [-0.2, -0.15) is 0 Å². The lowest BCUT2D eigenvalue weighted by molar-refractivity contribution is -0.122. The quantitative estimate of drug-likeness (QED) is 0.790. The minimum absolute atomic E-state index is 0.0740. The predicted octanol–water partition coefficient (Wildman–Crippen LogP) is 1.11. The van der Waals surface area contributed by atoms with Gasteiger partial charge in [0, 0.05) is 12.1 Å². The van der Waals surface area contributed by atoms with E-state index in [9.17, 15) is 13.2 Å². The van der Waals surface area contributed by atoms with Gasteiger partial charge in [-0.15, -0.1) is 0 Å². The molecule has 0 aromatic carbocycles. The van der Waals surface area contributed by atoms with Gasteiger partial charge in [-0.1, -0.05) is 25.0 Å². The average Bonchev–Trinajstić information content (AvgIpc) is 2.67. The summed E-state index contributed by atoms with van der Waals surface area (Å²) < 4.78 is 22.8. The van der Waals surface area contributed by atoms with Crippen LogP contribution in [0.3, 0.4) is 0 Å². The molecule has 6 heteroatoms. The molecule has 2 aliphatic rings. The first kappa shape index (κ1) is 16.5.